The molecular formula is C37H49NO5. The molecule has 0 unspecified atom stereocenters. The van der Waals surface area contributed by atoms with Crippen LogP contribution in [-0.4, -0.2) is 57.6 Å². The van der Waals surface area contributed by atoms with Crippen LogP contribution >= 0.6 is 0 Å². The van der Waals surface area contributed by atoms with Crippen LogP contribution in [-0.2, 0) is 37.2 Å². The summed E-state index contributed by atoms with van der Waals surface area (Å²) in [5.41, 5.74) is 4.92. The lowest BCUT2D eigenvalue weighted by atomic mass is 9.40. The van der Waals surface area contributed by atoms with Crippen LogP contribution in [0.1, 0.15) is 97.9 Å². The van der Waals surface area contributed by atoms with Crippen LogP contribution in [0, 0.1) is 11.3 Å². The molecule has 232 valence electrons. The molecule has 10 atom stereocenters. The van der Waals surface area contributed by atoms with Crippen LogP contribution in [0.2, 0.25) is 0 Å². The number of H-pyrrole nitrogens is 1. The van der Waals surface area contributed by atoms with Crippen molar-refractivity contribution < 1.29 is 24.1 Å². The Morgan fingerprint density at radius 1 is 0.977 bits per heavy atom. The summed E-state index contributed by atoms with van der Waals surface area (Å²) in [6.45, 7) is 17.4. The van der Waals surface area contributed by atoms with Gasteiger partial charge in [-0.15, -0.1) is 0 Å². The van der Waals surface area contributed by atoms with Gasteiger partial charge in [0.2, 0.25) is 0 Å². The van der Waals surface area contributed by atoms with Gasteiger partial charge in [-0.05, 0) is 109 Å². The van der Waals surface area contributed by atoms with E-state index in [0.29, 0.717) is 5.92 Å². The van der Waals surface area contributed by atoms with E-state index < -0.39 is 23.1 Å². The minimum atomic E-state index is -1.03. The number of aliphatic hydroxyl groups is 1. The van der Waals surface area contributed by atoms with E-state index in [1.54, 1.807) is 0 Å². The predicted octanol–water partition coefficient (Wildman–Crippen LogP) is 6.82. The molecule has 1 aromatic heterocycles. The van der Waals surface area contributed by atoms with Crippen molar-refractivity contribution in [2.45, 2.75) is 147 Å². The van der Waals surface area contributed by atoms with Crippen LogP contribution in [0.3, 0.4) is 0 Å². The third kappa shape index (κ3) is 3.48. The molecule has 2 aromatic rings. The molecule has 8 rings (SSSR count). The largest absolute Gasteiger partial charge is 0.386 e. The van der Waals surface area contributed by atoms with Crippen molar-refractivity contribution >= 4 is 10.9 Å². The highest BCUT2D eigenvalue weighted by Gasteiger charge is 2.87. The fraction of sp³-hybridized carbons (Fsp3) is 0.676. The summed E-state index contributed by atoms with van der Waals surface area (Å²) in [6, 6.07) is 6.95. The van der Waals surface area contributed by atoms with Gasteiger partial charge >= 0.3 is 0 Å². The van der Waals surface area contributed by atoms with E-state index >= 15 is 0 Å². The fourth-order valence-electron chi connectivity index (χ4n) is 10.5. The van der Waals surface area contributed by atoms with E-state index in [1.807, 2.05) is 6.08 Å². The Kier molecular flexibility index (Phi) is 5.87. The average Bonchev–Trinajstić information content (AvgIpc) is 3.51. The number of rotatable bonds is 3. The maximum Gasteiger partial charge on any atom is 0.178 e. The monoisotopic (exact) mass is 587 g/mol. The zero-order valence-electron chi connectivity index (χ0n) is 27.2. The average molecular weight is 588 g/mol. The number of allylic oxidation sites excluding steroid dienone is 3. The number of epoxide rings is 1. The summed E-state index contributed by atoms with van der Waals surface area (Å²) < 4.78 is 26.7. The second kappa shape index (κ2) is 8.85. The van der Waals surface area contributed by atoms with E-state index in [9.17, 15) is 5.11 Å². The molecule has 2 saturated carbocycles. The minimum absolute atomic E-state index is 0.176. The first-order valence-electron chi connectivity index (χ1n) is 16.6. The Morgan fingerprint density at radius 3 is 2.51 bits per heavy atom. The van der Waals surface area contributed by atoms with Gasteiger partial charge in [-0.2, -0.15) is 0 Å². The van der Waals surface area contributed by atoms with Crippen molar-refractivity contribution in [1.82, 2.24) is 4.98 Å². The Morgan fingerprint density at radius 2 is 1.77 bits per heavy atom. The smallest absolute Gasteiger partial charge is 0.178 e. The molecule has 3 aliphatic carbocycles. The van der Waals surface area contributed by atoms with Gasteiger partial charge < -0.3 is 29.0 Å². The highest BCUT2D eigenvalue weighted by atomic mass is 16.8. The van der Waals surface area contributed by atoms with Crippen molar-refractivity contribution in [2.24, 2.45) is 11.3 Å². The molecule has 5 fully saturated rings. The van der Waals surface area contributed by atoms with Gasteiger partial charge in [-0.3, -0.25) is 0 Å². The first kappa shape index (κ1) is 28.5. The standard InChI is InChI=1S/C37H49NO5/c1-20(2)9-10-22-11-12-24-25-19-23-13-16-36(39)34(7,35(23,8)30(25)38-26(24)18-22)15-14-27-37(36)32(43-37)29-31(40-27)33(5,6)42-28(41-29)17-21(3)4/h9,11-12,17-18,23,27-29,31-32,38-39H,10,13-16,19H2,1-8H3/t23-,27-,28-,29+,31-,32+,34+,35+,36-,37-/m0/s1. The molecule has 0 amide bonds. The van der Waals surface area contributed by atoms with Crippen molar-refractivity contribution in [3.8, 4) is 0 Å². The number of hydrogen-bond acceptors (Lipinski definition) is 5. The van der Waals surface area contributed by atoms with Gasteiger partial charge in [0.05, 0.1) is 11.7 Å². The summed E-state index contributed by atoms with van der Waals surface area (Å²) >= 11 is 0. The van der Waals surface area contributed by atoms with Crippen molar-refractivity contribution in [1.29, 1.82) is 0 Å². The Hall–Kier alpha value is -1.96. The molecule has 1 aromatic carbocycles. The quantitative estimate of drug-likeness (QED) is 0.304. The summed E-state index contributed by atoms with van der Waals surface area (Å²) in [4.78, 5) is 3.95. The molecule has 43 heavy (non-hydrogen) atoms. The number of ether oxygens (including phenoxy) is 4. The Labute approximate surface area is 256 Å². The predicted molar refractivity (Wildman–Crippen MR) is 167 cm³/mol. The van der Waals surface area contributed by atoms with Gasteiger partial charge in [0.1, 0.15) is 23.9 Å². The second-order valence-corrected chi connectivity index (χ2v) is 16.0. The molecule has 2 N–H and O–H groups in total. The number of nitrogens with one attached hydrogen (secondary N) is 1. The van der Waals surface area contributed by atoms with Crippen molar-refractivity contribution in [2.75, 3.05) is 0 Å². The molecule has 1 spiro atoms. The molecule has 0 radical (unpaired) electrons. The SMILES string of the molecule is CC(C)=CCc1ccc2c3c([nH]c2c1)[C@@]1(C)[C@@H](CC[C@@]2(O)[C@@]45O[C@@H]4[C@@H]4O[C@H](C=C(C)C)OC(C)(C)[C@H]4O[C@H]5CC[C@@]21C)C3. The third-order valence-electron chi connectivity index (χ3n) is 12.9. The normalized spacial score (nSPS) is 45.1. The summed E-state index contributed by atoms with van der Waals surface area (Å²) in [5.74, 6) is 0.483. The fourth-order valence-corrected chi connectivity index (χ4v) is 10.5. The lowest BCUT2D eigenvalue weighted by Crippen LogP contribution is -2.77. The van der Waals surface area contributed by atoms with Gasteiger partial charge in [0.25, 0.3) is 0 Å². The molecular weight excluding hydrogens is 538 g/mol. The number of hydrogen-bond donors (Lipinski definition) is 2. The molecule has 4 heterocycles. The molecule has 3 aliphatic heterocycles. The van der Waals surface area contributed by atoms with Crippen LogP contribution in [0.5, 0.6) is 0 Å². The van der Waals surface area contributed by atoms with Crippen LogP contribution < -0.4 is 0 Å². The maximum absolute atomic E-state index is 13.2. The summed E-state index contributed by atoms with van der Waals surface area (Å²) in [7, 11) is 0. The molecule has 6 aliphatic rings. The van der Waals surface area contributed by atoms with E-state index in [4.69, 9.17) is 18.9 Å². The zero-order chi connectivity index (χ0) is 30.3. The first-order valence-corrected chi connectivity index (χ1v) is 16.6. The highest BCUT2D eigenvalue weighted by molar-refractivity contribution is 5.87. The molecule has 6 heteroatoms. The van der Waals surface area contributed by atoms with E-state index in [1.165, 1.54) is 33.3 Å². The van der Waals surface area contributed by atoms with E-state index in [0.717, 1.165) is 44.1 Å². The van der Waals surface area contributed by atoms with Crippen LogP contribution in [0.4, 0.5) is 0 Å². The van der Waals surface area contributed by atoms with Crippen LogP contribution in [0.25, 0.3) is 10.9 Å². The highest BCUT2D eigenvalue weighted by Crippen LogP contribution is 2.75. The van der Waals surface area contributed by atoms with E-state index in [2.05, 4.69) is 84.6 Å². The van der Waals surface area contributed by atoms with Crippen molar-refractivity contribution in [3.63, 3.8) is 0 Å². The Balaban J connectivity index is 1.18. The van der Waals surface area contributed by atoms with Crippen molar-refractivity contribution in [3.05, 3.63) is 58.3 Å². The molecule has 3 saturated heterocycles. The lowest BCUT2D eigenvalue weighted by Gasteiger charge is -2.66. The second-order valence-electron chi connectivity index (χ2n) is 16.0. The molecule has 6 nitrogen and oxygen atoms in total. The maximum atomic E-state index is 13.2. The van der Waals surface area contributed by atoms with Gasteiger partial charge in [-0.25, -0.2) is 0 Å². The third-order valence-corrected chi connectivity index (χ3v) is 12.9. The summed E-state index contributed by atoms with van der Waals surface area (Å²) in [6.07, 6.45) is 8.41. The number of aromatic nitrogens is 1. The van der Waals surface area contributed by atoms with E-state index in [-0.39, 0.29) is 35.2 Å². The number of benzene rings is 1. The van der Waals surface area contributed by atoms with Gasteiger partial charge in [0.15, 0.2) is 11.9 Å². The van der Waals surface area contributed by atoms with Crippen LogP contribution in [0.15, 0.2) is 41.5 Å². The summed E-state index contributed by atoms with van der Waals surface area (Å²) in [5, 5.41) is 14.6. The Bertz CT molecular complexity index is 1560. The van der Waals surface area contributed by atoms with Gasteiger partial charge in [0, 0.05) is 27.4 Å². The van der Waals surface area contributed by atoms with Gasteiger partial charge in [-0.1, -0.05) is 43.2 Å². The molecule has 0 bridgehead atoms. The number of fused-ring (bicyclic) bond motifs is 9. The zero-order valence-corrected chi connectivity index (χ0v) is 27.2. The number of aromatic amines is 1. The topological polar surface area (TPSA) is 76.2 Å². The lowest BCUT2D eigenvalue weighted by molar-refractivity contribution is -0.343. The minimum Gasteiger partial charge on any atom is -0.386 e. The first-order chi connectivity index (χ1) is 20.2.